The Morgan fingerprint density at radius 3 is 2.54 bits per heavy atom. The minimum Gasteiger partial charge on any atom is -0.333 e. The van der Waals surface area contributed by atoms with Gasteiger partial charge in [-0.05, 0) is 31.2 Å². The van der Waals surface area contributed by atoms with E-state index < -0.39 is 5.54 Å². The topological polar surface area (TPSA) is 69.5 Å². The molecule has 0 saturated heterocycles. The molecule has 1 aromatic heterocycles. The summed E-state index contributed by atoms with van der Waals surface area (Å²) in [7, 11) is 0. The molecule has 1 aliphatic rings. The van der Waals surface area contributed by atoms with Gasteiger partial charge in [-0.25, -0.2) is 0 Å². The second kappa shape index (κ2) is 8.48. The molecule has 1 aromatic carbocycles. The van der Waals surface area contributed by atoms with Gasteiger partial charge >= 0.3 is 0 Å². The van der Waals surface area contributed by atoms with Crippen LogP contribution in [0.2, 0.25) is 0 Å². The average Bonchev–Trinajstić information content (AvgIpc) is 3.21. The highest BCUT2D eigenvalue weighted by molar-refractivity contribution is 7.10. The molecule has 0 unspecified atom stereocenters. The zero-order chi connectivity index (χ0) is 18.4. The van der Waals surface area contributed by atoms with Gasteiger partial charge in [0, 0.05) is 5.56 Å². The van der Waals surface area contributed by atoms with E-state index in [-0.39, 0.29) is 18.0 Å². The summed E-state index contributed by atoms with van der Waals surface area (Å²) in [4.78, 5) is 14.0. The molecule has 2 aromatic rings. The lowest BCUT2D eigenvalue weighted by molar-refractivity contribution is -0.704. The Hall–Kier alpha value is -2.16. The number of nitrogens with two attached hydrogens (primary N) is 1. The number of carbonyl (C=O) groups is 1. The first-order valence-electron chi connectivity index (χ1n) is 9.30. The molecular weight excluding hydrogens is 342 g/mol. The number of thiophene rings is 1. The van der Waals surface area contributed by atoms with Crippen LogP contribution in [0, 0.1) is 11.3 Å². The zero-order valence-corrected chi connectivity index (χ0v) is 16.0. The highest BCUT2D eigenvalue weighted by atomic mass is 32.1. The van der Waals surface area contributed by atoms with Gasteiger partial charge in [0.15, 0.2) is 6.04 Å². The van der Waals surface area contributed by atoms with Crippen LogP contribution in [0.5, 0.6) is 0 Å². The Labute approximate surface area is 159 Å². The van der Waals surface area contributed by atoms with E-state index in [1.165, 1.54) is 10.4 Å². The molecule has 0 aliphatic heterocycles. The van der Waals surface area contributed by atoms with Gasteiger partial charge in [0.05, 0.1) is 10.9 Å². The largest absolute Gasteiger partial charge is 0.333 e. The van der Waals surface area contributed by atoms with E-state index in [0.717, 1.165) is 32.1 Å². The molecule has 1 aliphatic carbocycles. The number of hydrogen-bond acceptors (Lipinski definition) is 3. The molecule has 3 rings (SSSR count). The van der Waals surface area contributed by atoms with E-state index >= 15 is 0 Å². The Morgan fingerprint density at radius 2 is 1.92 bits per heavy atom. The third-order valence-electron chi connectivity index (χ3n) is 5.19. The molecule has 26 heavy (non-hydrogen) atoms. The summed E-state index contributed by atoms with van der Waals surface area (Å²) < 4.78 is 0. The van der Waals surface area contributed by atoms with Crippen molar-refractivity contribution in [2.75, 3.05) is 0 Å². The van der Waals surface area contributed by atoms with E-state index in [4.69, 9.17) is 0 Å². The molecular formula is C21H26N3OS+. The Morgan fingerprint density at radius 1 is 1.19 bits per heavy atom. The van der Waals surface area contributed by atoms with Crippen molar-refractivity contribution in [2.45, 2.75) is 56.7 Å². The maximum atomic E-state index is 12.8. The minimum absolute atomic E-state index is 0.0501. The van der Waals surface area contributed by atoms with Crippen molar-refractivity contribution in [3.8, 4) is 6.07 Å². The number of nitrogens with zero attached hydrogens (tertiary/aromatic N) is 1. The summed E-state index contributed by atoms with van der Waals surface area (Å²) in [5, 5.41) is 16.8. The van der Waals surface area contributed by atoms with Crippen molar-refractivity contribution >= 4 is 17.2 Å². The van der Waals surface area contributed by atoms with Crippen molar-refractivity contribution in [1.82, 2.24) is 5.32 Å². The molecule has 1 amide bonds. The van der Waals surface area contributed by atoms with Crippen molar-refractivity contribution < 1.29 is 10.1 Å². The van der Waals surface area contributed by atoms with Crippen LogP contribution in [0.1, 0.15) is 55.5 Å². The minimum atomic E-state index is -0.678. The first kappa shape index (κ1) is 18.6. The molecule has 136 valence electrons. The van der Waals surface area contributed by atoms with E-state index in [0.29, 0.717) is 0 Å². The summed E-state index contributed by atoms with van der Waals surface area (Å²) >= 11 is 1.70. The van der Waals surface area contributed by atoms with Crippen LogP contribution >= 0.6 is 11.3 Å². The van der Waals surface area contributed by atoms with Crippen LogP contribution in [0.3, 0.4) is 0 Å². The number of benzene rings is 1. The van der Waals surface area contributed by atoms with Gasteiger partial charge in [0.2, 0.25) is 0 Å². The summed E-state index contributed by atoms with van der Waals surface area (Å²) in [6, 6.07) is 16.6. The number of hydrogen-bond donors (Lipinski definition) is 2. The summed E-state index contributed by atoms with van der Waals surface area (Å²) in [5.74, 6) is -0.0501. The lowest BCUT2D eigenvalue weighted by atomic mass is 9.82. The van der Waals surface area contributed by atoms with Crippen molar-refractivity contribution in [1.29, 1.82) is 5.26 Å². The highest BCUT2D eigenvalue weighted by Gasteiger charge is 2.36. The molecule has 1 saturated carbocycles. The van der Waals surface area contributed by atoms with Gasteiger partial charge in [0.1, 0.15) is 11.6 Å². The number of quaternary nitrogens is 1. The Kier molecular flexibility index (Phi) is 6.08. The predicted octanol–water partition coefficient (Wildman–Crippen LogP) is 3.13. The number of nitriles is 1. The number of amides is 1. The van der Waals surface area contributed by atoms with E-state index in [9.17, 15) is 10.1 Å². The van der Waals surface area contributed by atoms with E-state index in [1.54, 1.807) is 11.3 Å². The number of nitrogens with one attached hydrogen (secondary N) is 1. The lowest BCUT2D eigenvalue weighted by Crippen LogP contribution is -2.93. The molecule has 0 bridgehead atoms. The summed E-state index contributed by atoms with van der Waals surface area (Å²) in [5.41, 5.74) is 0.505. The smallest absolute Gasteiger partial charge is 0.279 e. The van der Waals surface area contributed by atoms with Crippen LogP contribution in [0.4, 0.5) is 0 Å². The first-order chi connectivity index (χ1) is 12.6. The molecule has 0 radical (unpaired) electrons. The molecule has 2 atom stereocenters. The van der Waals surface area contributed by atoms with Gasteiger partial charge in [-0.1, -0.05) is 55.7 Å². The van der Waals surface area contributed by atoms with Gasteiger partial charge in [0.25, 0.3) is 5.91 Å². The maximum Gasteiger partial charge on any atom is 0.279 e. The number of carbonyl (C=O) groups excluding carboxylic acids is 1. The first-order valence-corrected chi connectivity index (χ1v) is 10.2. The van der Waals surface area contributed by atoms with Crippen LogP contribution in [0.15, 0.2) is 47.8 Å². The van der Waals surface area contributed by atoms with Crippen LogP contribution in [-0.2, 0) is 4.79 Å². The van der Waals surface area contributed by atoms with Crippen LogP contribution in [0.25, 0.3) is 0 Å². The third kappa shape index (κ3) is 4.32. The van der Waals surface area contributed by atoms with Crippen molar-refractivity contribution in [3.63, 3.8) is 0 Å². The molecule has 3 N–H and O–H groups in total. The number of rotatable bonds is 6. The summed E-state index contributed by atoms with van der Waals surface area (Å²) in [6.45, 7) is 1.92. The van der Waals surface area contributed by atoms with Gasteiger partial charge < -0.3 is 10.6 Å². The molecule has 1 fully saturated rings. The molecule has 0 spiro atoms. The van der Waals surface area contributed by atoms with E-state index in [1.807, 2.05) is 31.2 Å². The normalized spacial score (nSPS) is 18.5. The highest BCUT2D eigenvalue weighted by Crippen LogP contribution is 2.27. The molecule has 1 heterocycles. The molecule has 5 heteroatoms. The van der Waals surface area contributed by atoms with Gasteiger partial charge in [-0.3, -0.25) is 4.79 Å². The fourth-order valence-corrected chi connectivity index (χ4v) is 4.48. The Bertz CT molecular complexity index is 745. The van der Waals surface area contributed by atoms with E-state index in [2.05, 4.69) is 40.3 Å². The second-order valence-corrected chi connectivity index (χ2v) is 8.11. The summed E-state index contributed by atoms with van der Waals surface area (Å²) in [6.07, 6.45) is 4.68. The van der Waals surface area contributed by atoms with Crippen LogP contribution in [-0.4, -0.2) is 17.5 Å². The predicted molar refractivity (Wildman–Crippen MR) is 104 cm³/mol. The zero-order valence-electron chi connectivity index (χ0n) is 15.2. The van der Waals surface area contributed by atoms with Crippen molar-refractivity contribution in [2.24, 2.45) is 0 Å². The standard InChI is InChI=1S/C21H25N3OS/c1-16(20(25)24-21(15-22)12-6-3-7-13-21)23-19(18-11-8-14-26-18)17-9-4-2-5-10-17/h2,4-5,8-11,14,16,19,23H,3,6-7,12-13H2,1H3,(H,24,25)/p+1/t16-,19+/m0/s1. The van der Waals surface area contributed by atoms with Crippen molar-refractivity contribution in [3.05, 3.63) is 58.3 Å². The monoisotopic (exact) mass is 368 g/mol. The third-order valence-corrected chi connectivity index (χ3v) is 6.14. The fraction of sp³-hybridized carbons (Fsp3) is 0.429. The second-order valence-electron chi connectivity index (χ2n) is 7.13. The quantitative estimate of drug-likeness (QED) is 0.822. The SMILES string of the molecule is C[C@H]([NH2+][C@H](c1ccccc1)c1cccs1)C(=O)NC1(C#N)CCCCC1. The average molecular weight is 369 g/mol. The Balaban J connectivity index is 1.72. The van der Waals surface area contributed by atoms with Gasteiger partial charge in [-0.15, -0.1) is 11.3 Å². The van der Waals surface area contributed by atoms with Gasteiger partial charge in [-0.2, -0.15) is 5.26 Å². The molecule has 4 nitrogen and oxygen atoms in total. The lowest BCUT2D eigenvalue weighted by Gasteiger charge is -2.32. The maximum absolute atomic E-state index is 12.8. The fourth-order valence-electron chi connectivity index (χ4n) is 3.64. The van der Waals surface area contributed by atoms with Crippen LogP contribution < -0.4 is 10.6 Å².